The number of hydrogen-bond donors (Lipinski definition) is 3. The van der Waals surface area contributed by atoms with Crippen LogP contribution in [-0.4, -0.2) is 36.4 Å². The fourth-order valence-corrected chi connectivity index (χ4v) is 3.77. The Bertz CT molecular complexity index is 1180. The summed E-state index contributed by atoms with van der Waals surface area (Å²) in [6, 6.07) is 14.6. The Labute approximate surface area is 180 Å². The van der Waals surface area contributed by atoms with Gasteiger partial charge >= 0.3 is 0 Å². The largest absolute Gasteiger partial charge is 0.353 e. The van der Waals surface area contributed by atoms with Gasteiger partial charge < -0.3 is 10.6 Å². The van der Waals surface area contributed by atoms with Crippen LogP contribution in [0, 0.1) is 24.0 Å². The number of aryl methyl sites for hydroxylation is 2. The average molecular weight is 443 g/mol. The Morgan fingerprint density at radius 2 is 1.74 bits per heavy atom. The normalized spacial score (nSPS) is 11.2. The summed E-state index contributed by atoms with van der Waals surface area (Å²) in [6.07, 6.45) is 0. The second-order valence-electron chi connectivity index (χ2n) is 6.79. The standard InChI is InChI=1S/C20H22N6O4S/c1-14-6-8-16(9-7-14)24-19-12-15(2)23-20(25-19)21-10-11-22-31(29,30)18-5-3-4-17(13-18)26(27)28/h3-9,12-13,22H,10-11H2,1-2H3,(H2,21,23,24,25). The van der Waals surface area contributed by atoms with E-state index in [0.717, 1.165) is 23.0 Å². The lowest BCUT2D eigenvalue weighted by Crippen LogP contribution is -2.29. The van der Waals surface area contributed by atoms with Crippen LogP contribution < -0.4 is 15.4 Å². The predicted octanol–water partition coefficient (Wildman–Crippen LogP) is 3.14. The maximum absolute atomic E-state index is 12.4. The molecule has 3 N–H and O–H groups in total. The van der Waals surface area contributed by atoms with Gasteiger partial charge in [0.2, 0.25) is 16.0 Å². The molecule has 10 nitrogen and oxygen atoms in total. The summed E-state index contributed by atoms with van der Waals surface area (Å²) in [6.45, 7) is 4.11. The first-order valence-corrected chi connectivity index (χ1v) is 10.9. The molecule has 0 atom stereocenters. The van der Waals surface area contributed by atoms with E-state index in [2.05, 4.69) is 25.3 Å². The van der Waals surface area contributed by atoms with E-state index in [0.29, 0.717) is 11.8 Å². The highest BCUT2D eigenvalue weighted by Gasteiger charge is 2.17. The van der Waals surface area contributed by atoms with Crippen LogP contribution in [0.15, 0.2) is 59.5 Å². The van der Waals surface area contributed by atoms with Crippen LogP contribution in [0.5, 0.6) is 0 Å². The monoisotopic (exact) mass is 442 g/mol. The van der Waals surface area contributed by atoms with Crippen LogP contribution in [0.25, 0.3) is 0 Å². The molecule has 0 unspecified atom stereocenters. The average Bonchev–Trinajstić information content (AvgIpc) is 2.73. The van der Waals surface area contributed by atoms with Gasteiger partial charge in [-0.15, -0.1) is 0 Å². The van der Waals surface area contributed by atoms with E-state index in [1.54, 1.807) is 6.07 Å². The highest BCUT2D eigenvalue weighted by Crippen LogP contribution is 2.18. The van der Waals surface area contributed by atoms with Gasteiger partial charge in [0, 0.05) is 42.7 Å². The molecule has 2 aromatic carbocycles. The van der Waals surface area contributed by atoms with Crippen LogP contribution in [0.3, 0.4) is 0 Å². The highest BCUT2D eigenvalue weighted by atomic mass is 32.2. The van der Waals surface area contributed by atoms with Crippen LogP contribution in [0.4, 0.5) is 23.1 Å². The van der Waals surface area contributed by atoms with Crippen molar-refractivity contribution in [1.29, 1.82) is 0 Å². The Morgan fingerprint density at radius 3 is 2.45 bits per heavy atom. The quantitative estimate of drug-likeness (QED) is 0.261. The van der Waals surface area contributed by atoms with Crippen molar-refractivity contribution in [2.45, 2.75) is 18.7 Å². The molecule has 162 valence electrons. The van der Waals surface area contributed by atoms with Gasteiger partial charge in [0.1, 0.15) is 5.82 Å². The van der Waals surface area contributed by atoms with Crippen molar-refractivity contribution in [3.05, 3.63) is 76.0 Å². The number of rotatable bonds is 9. The summed E-state index contributed by atoms with van der Waals surface area (Å²) in [5.74, 6) is 0.959. The molecule has 0 amide bonds. The van der Waals surface area contributed by atoms with Gasteiger partial charge in [0.25, 0.3) is 5.69 Å². The SMILES string of the molecule is Cc1ccc(Nc2cc(C)nc(NCCNS(=O)(=O)c3cccc([N+](=O)[O-])c3)n2)cc1. The first-order chi connectivity index (χ1) is 14.7. The van der Waals surface area contributed by atoms with Crippen LogP contribution in [-0.2, 0) is 10.0 Å². The van der Waals surface area contributed by atoms with Gasteiger partial charge in [-0.25, -0.2) is 18.1 Å². The summed E-state index contributed by atoms with van der Waals surface area (Å²) < 4.78 is 27.1. The molecule has 0 saturated carbocycles. The van der Waals surface area contributed by atoms with Crippen molar-refractivity contribution in [2.24, 2.45) is 0 Å². The molecule has 11 heteroatoms. The molecule has 0 aliphatic heterocycles. The number of nitrogens with zero attached hydrogens (tertiary/aromatic N) is 3. The zero-order chi connectivity index (χ0) is 22.4. The summed E-state index contributed by atoms with van der Waals surface area (Å²) in [4.78, 5) is 18.7. The van der Waals surface area contributed by atoms with E-state index < -0.39 is 14.9 Å². The predicted molar refractivity (Wildman–Crippen MR) is 118 cm³/mol. The summed E-state index contributed by atoms with van der Waals surface area (Å²) in [5, 5.41) is 17.0. The maximum atomic E-state index is 12.4. The van der Waals surface area contributed by atoms with Gasteiger partial charge in [0.05, 0.1) is 9.82 Å². The fourth-order valence-electron chi connectivity index (χ4n) is 2.70. The number of nitro benzene ring substituents is 1. The Morgan fingerprint density at radius 1 is 1.00 bits per heavy atom. The van der Waals surface area contributed by atoms with Crippen molar-refractivity contribution in [3.63, 3.8) is 0 Å². The lowest BCUT2D eigenvalue weighted by Gasteiger charge is -2.11. The summed E-state index contributed by atoms with van der Waals surface area (Å²) in [7, 11) is -3.88. The molecule has 0 spiro atoms. The molecule has 3 rings (SSSR count). The number of nitro groups is 1. The molecule has 0 aliphatic rings. The van der Waals surface area contributed by atoms with Gasteiger partial charge in [0.15, 0.2) is 0 Å². The Hall–Kier alpha value is -3.57. The third-order valence-electron chi connectivity index (χ3n) is 4.22. The van der Waals surface area contributed by atoms with E-state index in [1.165, 1.54) is 18.2 Å². The first kappa shape index (κ1) is 22.1. The number of anilines is 3. The smallest absolute Gasteiger partial charge is 0.270 e. The number of non-ortho nitro benzene ring substituents is 1. The molecule has 31 heavy (non-hydrogen) atoms. The van der Waals surface area contributed by atoms with Crippen molar-refractivity contribution >= 4 is 33.2 Å². The van der Waals surface area contributed by atoms with Gasteiger partial charge in [-0.2, -0.15) is 4.98 Å². The van der Waals surface area contributed by atoms with Crippen LogP contribution in [0.1, 0.15) is 11.3 Å². The number of benzene rings is 2. The number of aromatic nitrogens is 2. The van der Waals surface area contributed by atoms with E-state index in [1.807, 2.05) is 38.1 Å². The van der Waals surface area contributed by atoms with Crippen molar-refractivity contribution in [2.75, 3.05) is 23.7 Å². The molecule has 1 heterocycles. The zero-order valence-corrected chi connectivity index (χ0v) is 17.8. The molecule has 0 saturated heterocycles. The minimum Gasteiger partial charge on any atom is -0.353 e. The topological polar surface area (TPSA) is 139 Å². The van der Waals surface area contributed by atoms with Crippen molar-refractivity contribution < 1.29 is 13.3 Å². The Balaban J connectivity index is 1.59. The third kappa shape index (κ3) is 6.20. The van der Waals surface area contributed by atoms with Gasteiger partial charge in [-0.05, 0) is 32.0 Å². The molecular formula is C20H22N6O4S. The lowest BCUT2D eigenvalue weighted by atomic mass is 10.2. The summed E-state index contributed by atoms with van der Waals surface area (Å²) >= 11 is 0. The van der Waals surface area contributed by atoms with E-state index in [-0.39, 0.29) is 23.7 Å². The van der Waals surface area contributed by atoms with Crippen molar-refractivity contribution in [3.8, 4) is 0 Å². The minimum absolute atomic E-state index is 0.0447. The number of hydrogen-bond acceptors (Lipinski definition) is 8. The fraction of sp³-hybridized carbons (Fsp3) is 0.200. The number of nitrogens with one attached hydrogen (secondary N) is 3. The second-order valence-corrected chi connectivity index (χ2v) is 8.56. The minimum atomic E-state index is -3.88. The summed E-state index contributed by atoms with van der Waals surface area (Å²) in [5.41, 5.74) is 2.49. The molecule has 0 bridgehead atoms. The molecule has 1 aromatic heterocycles. The zero-order valence-electron chi connectivity index (χ0n) is 17.0. The molecule has 3 aromatic rings. The second kappa shape index (κ2) is 9.49. The van der Waals surface area contributed by atoms with Gasteiger partial charge in [-0.1, -0.05) is 23.8 Å². The van der Waals surface area contributed by atoms with E-state index in [9.17, 15) is 18.5 Å². The van der Waals surface area contributed by atoms with E-state index >= 15 is 0 Å². The van der Waals surface area contributed by atoms with Gasteiger partial charge in [-0.3, -0.25) is 10.1 Å². The Kier molecular flexibility index (Phi) is 6.78. The lowest BCUT2D eigenvalue weighted by molar-refractivity contribution is -0.385. The number of sulfonamides is 1. The molecule has 0 aliphatic carbocycles. The molecule has 0 radical (unpaired) electrons. The molecule has 0 fully saturated rings. The first-order valence-electron chi connectivity index (χ1n) is 9.40. The van der Waals surface area contributed by atoms with Crippen LogP contribution >= 0.6 is 0 Å². The maximum Gasteiger partial charge on any atom is 0.270 e. The third-order valence-corrected chi connectivity index (χ3v) is 5.68. The van der Waals surface area contributed by atoms with Crippen molar-refractivity contribution in [1.82, 2.24) is 14.7 Å². The highest BCUT2D eigenvalue weighted by molar-refractivity contribution is 7.89. The molecular weight excluding hydrogens is 420 g/mol. The van der Waals surface area contributed by atoms with Crippen LogP contribution in [0.2, 0.25) is 0 Å². The van der Waals surface area contributed by atoms with E-state index in [4.69, 9.17) is 0 Å².